The number of hydrogen-bond acceptors (Lipinski definition) is 7. The Bertz CT molecular complexity index is 1410. The van der Waals surface area contributed by atoms with Crippen LogP contribution < -0.4 is 19.8 Å². The van der Waals surface area contributed by atoms with Crippen molar-refractivity contribution < 1.29 is 9.59 Å². The minimum Gasteiger partial charge on any atom is -0.370 e. The molecular weight excluding hydrogens is 570 g/mol. The minimum absolute atomic E-state index is 0.0419. The molecule has 2 saturated carbocycles. The zero-order chi connectivity index (χ0) is 30.6. The number of anilines is 3. The van der Waals surface area contributed by atoms with Crippen LogP contribution in [-0.2, 0) is 0 Å². The zero-order valence-electron chi connectivity index (χ0n) is 26.6. The largest absolute Gasteiger partial charge is 0.370 e. The van der Waals surface area contributed by atoms with Crippen LogP contribution >= 0.6 is 11.9 Å². The summed E-state index contributed by atoms with van der Waals surface area (Å²) in [7, 11) is 0. The fourth-order valence-corrected chi connectivity index (χ4v) is 10.0. The Balaban J connectivity index is 1.21. The van der Waals surface area contributed by atoms with Gasteiger partial charge in [-0.3, -0.25) is 14.4 Å². The highest BCUT2D eigenvalue weighted by atomic mass is 32.2. The van der Waals surface area contributed by atoms with Crippen LogP contribution in [0.1, 0.15) is 89.4 Å². The smallest absolute Gasteiger partial charge is 0.326 e. The molecule has 5 aliphatic rings. The lowest BCUT2D eigenvalue weighted by Gasteiger charge is -2.54. The van der Waals surface area contributed by atoms with E-state index >= 15 is 0 Å². The number of rotatable bonds is 2. The van der Waals surface area contributed by atoms with Crippen LogP contribution in [0.2, 0.25) is 0 Å². The molecule has 0 spiro atoms. The van der Waals surface area contributed by atoms with Crippen LogP contribution in [0.25, 0.3) is 0 Å². The molecule has 0 radical (unpaired) electrons. The monoisotopic (exact) mass is 617 g/mol. The molecule has 2 saturated heterocycles. The van der Waals surface area contributed by atoms with Gasteiger partial charge in [0.2, 0.25) is 0 Å². The predicted molar refractivity (Wildman–Crippen MR) is 176 cm³/mol. The summed E-state index contributed by atoms with van der Waals surface area (Å²) in [5.74, 6) is 4.43. The van der Waals surface area contributed by atoms with Gasteiger partial charge in [-0.1, -0.05) is 19.9 Å². The van der Waals surface area contributed by atoms with Crippen molar-refractivity contribution >= 4 is 41.3 Å². The van der Waals surface area contributed by atoms with E-state index in [2.05, 4.69) is 52.5 Å². The van der Waals surface area contributed by atoms with Gasteiger partial charge in [-0.2, -0.15) is 0 Å². The second kappa shape index (κ2) is 11.4. The van der Waals surface area contributed by atoms with Gasteiger partial charge in [-0.15, -0.1) is 0 Å². The third-order valence-electron chi connectivity index (χ3n) is 10.8. The van der Waals surface area contributed by atoms with Crippen LogP contribution in [0.5, 0.6) is 0 Å². The molecule has 9 nitrogen and oxygen atoms in total. The maximum Gasteiger partial charge on any atom is 0.326 e. The Morgan fingerprint density at radius 3 is 2.50 bits per heavy atom. The quantitative estimate of drug-likeness (QED) is 0.368. The fourth-order valence-electron chi connectivity index (χ4n) is 9.43. The van der Waals surface area contributed by atoms with E-state index in [-0.39, 0.29) is 23.0 Å². The number of aromatic nitrogens is 2. The van der Waals surface area contributed by atoms with Crippen molar-refractivity contribution in [2.45, 2.75) is 95.2 Å². The number of fused-ring (bicyclic) bond motifs is 8. The molecule has 3 aliphatic heterocycles. The second-order valence-electron chi connectivity index (χ2n) is 15.0. The summed E-state index contributed by atoms with van der Waals surface area (Å²) in [4.78, 5) is 44.2. The van der Waals surface area contributed by atoms with Gasteiger partial charge in [-0.05, 0) is 113 Å². The maximum atomic E-state index is 14.2. The maximum absolute atomic E-state index is 14.2. The summed E-state index contributed by atoms with van der Waals surface area (Å²) >= 11 is 1.22. The van der Waals surface area contributed by atoms with Gasteiger partial charge in [0.15, 0.2) is 0 Å². The summed E-state index contributed by atoms with van der Waals surface area (Å²) < 4.78 is 3.01. The summed E-state index contributed by atoms with van der Waals surface area (Å²) in [6.45, 7) is 12.3. The lowest BCUT2D eigenvalue weighted by atomic mass is 9.60. The SMILES string of the molecule is CC1CC2CC(C)CC(N3CCN(c4ccc5c(n4)N4CC(CCCNc6cccc(n6)SNC5=O)CC4(C)C)C3=O)(C1)C2. The van der Waals surface area contributed by atoms with E-state index in [1.54, 1.807) is 0 Å². The molecular formula is C34H47N7O2S. The first-order chi connectivity index (χ1) is 21.1. The standard InChI is InChI=1S/C34H47N7O2S/c1-22-15-25-16-23(2)18-34(17-22,20-25)40-14-13-39(32(40)43)28-11-10-26-30(37-28)41-21-24(19-33(41,3)4)7-6-12-35-27-8-5-9-29(36-27)44-38-31(26)42/h5,8-11,22-25H,6-7,12-21H2,1-4H3,(H,35,36)(H,38,42). The van der Waals surface area contributed by atoms with Crippen LogP contribution in [-0.4, -0.2) is 64.1 Å². The van der Waals surface area contributed by atoms with Crippen molar-refractivity contribution in [1.29, 1.82) is 0 Å². The first-order valence-corrected chi connectivity index (χ1v) is 17.5. The van der Waals surface area contributed by atoms with Crippen molar-refractivity contribution in [3.63, 3.8) is 0 Å². The Kier molecular flexibility index (Phi) is 7.70. The lowest BCUT2D eigenvalue weighted by molar-refractivity contribution is -0.00712. The highest BCUT2D eigenvalue weighted by Gasteiger charge is 2.52. The molecule has 5 heterocycles. The molecule has 10 heteroatoms. The van der Waals surface area contributed by atoms with Gasteiger partial charge in [0.25, 0.3) is 5.91 Å². The van der Waals surface area contributed by atoms with Gasteiger partial charge in [0, 0.05) is 49.2 Å². The minimum atomic E-state index is -0.204. The predicted octanol–water partition coefficient (Wildman–Crippen LogP) is 6.57. The average Bonchev–Trinajstić information content (AvgIpc) is 3.51. The van der Waals surface area contributed by atoms with Crippen molar-refractivity contribution in [3.05, 3.63) is 35.9 Å². The van der Waals surface area contributed by atoms with Crippen molar-refractivity contribution in [3.8, 4) is 0 Å². The van der Waals surface area contributed by atoms with Crippen molar-refractivity contribution in [1.82, 2.24) is 19.6 Å². The zero-order valence-corrected chi connectivity index (χ0v) is 27.5. The molecule has 2 aromatic rings. The Morgan fingerprint density at radius 2 is 1.70 bits per heavy atom. The molecule has 2 N–H and O–H groups in total. The number of amides is 3. The normalized spacial score (nSPS) is 32.0. The van der Waals surface area contributed by atoms with Gasteiger partial charge in [0.05, 0.1) is 5.56 Å². The van der Waals surface area contributed by atoms with E-state index in [0.29, 0.717) is 47.4 Å². The third kappa shape index (κ3) is 5.52. The summed E-state index contributed by atoms with van der Waals surface area (Å²) in [6.07, 6.45) is 9.06. The highest BCUT2D eigenvalue weighted by Crippen LogP contribution is 2.51. The van der Waals surface area contributed by atoms with Gasteiger partial charge in [-0.25, -0.2) is 14.8 Å². The van der Waals surface area contributed by atoms with Crippen LogP contribution in [0.3, 0.4) is 0 Å². The van der Waals surface area contributed by atoms with Gasteiger partial charge >= 0.3 is 6.03 Å². The topological polar surface area (TPSA) is 93.7 Å². The van der Waals surface area contributed by atoms with E-state index in [1.165, 1.54) is 24.8 Å². The molecule has 4 fully saturated rings. The molecule has 3 amide bonds. The number of nitrogens with one attached hydrogen (secondary N) is 2. The first-order valence-electron chi connectivity index (χ1n) is 16.7. The van der Waals surface area contributed by atoms with E-state index in [0.717, 1.165) is 69.0 Å². The summed E-state index contributed by atoms with van der Waals surface area (Å²) in [5, 5.41) is 4.17. The van der Waals surface area contributed by atoms with E-state index in [1.807, 2.05) is 35.2 Å². The van der Waals surface area contributed by atoms with Gasteiger partial charge < -0.3 is 15.1 Å². The summed E-state index contributed by atoms with van der Waals surface area (Å²) in [6, 6.07) is 9.64. The van der Waals surface area contributed by atoms with E-state index in [4.69, 9.17) is 4.98 Å². The number of hydrogen-bond donors (Lipinski definition) is 2. The fraction of sp³-hybridized carbons (Fsp3) is 0.647. The molecule has 6 bridgehead atoms. The van der Waals surface area contributed by atoms with E-state index in [9.17, 15) is 9.59 Å². The number of carbonyl (C=O) groups excluding carboxylic acids is 2. The Labute approximate surface area is 266 Å². The Hall–Kier alpha value is -3.01. The lowest BCUT2D eigenvalue weighted by Crippen LogP contribution is -2.57. The van der Waals surface area contributed by atoms with Crippen LogP contribution in [0.15, 0.2) is 35.4 Å². The Morgan fingerprint density at radius 1 is 0.909 bits per heavy atom. The third-order valence-corrected chi connectivity index (χ3v) is 11.6. The van der Waals surface area contributed by atoms with E-state index < -0.39 is 0 Å². The summed E-state index contributed by atoms with van der Waals surface area (Å²) in [5.41, 5.74) is 0.325. The van der Waals surface area contributed by atoms with Crippen molar-refractivity contribution in [2.24, 2.45) is 23.7 Å². The number of nitrogens with zero attached hydrogens (tertiary/aromatic N) is 5. The molecule has 236 valence electrons. The number of pyridine rings is 2. The van der Waals surface area contributed by atoms with Crippen LogP contribution in [0, 0.1) is 23.7 Å². The highest BCUT2D eigenvalue weighted by molar-refractivity contribution is 7.97. The number of carbonyl (C=O) groups is 2. The molecule has 3 unspecified atom stereocenters. The average molecular weight is 618 g/mol. The van der Waals surface area contributed by atoms with Crippen molar-refractivity contribution in [2.75, 3.05) is 41.3 Å². The molecule has 2 aliphatic carbocycles. The molecule has 0 aromatic carbocycles. The molecule has 44 heavy (non-hydrogen) atoms. The van der Waals surface area contributed by atoms with Gasteiger partial charge in [0.1, 0.15) is 22.5 Å². The molecule has 2 aromatic heterocycles. The molecule has 3 atom stereocenters. The molecule has 7 rings (SSSR count). The second-order valence-corrected chi connectivity index (χ2v) is 15.8. The first kappa shape index (κ1) is 29.7. The van der Waals surface area contributed by atoms with Crippen LogP contribution in [0.4, 0.5) is 22.2 Å². The number of urea groups is 1.